The van der Waals surface area contributed by atoms with Crippen LogP contribution in [0.2, 0.25) is 0 Å². The Bertz CT molecular complexity index is 1020. The van der Waals surface area contributed by atoms with Crippen LogP contribution in [0.5, 0.6) is 0 Å². The number of amides is 3. The Morgan fingerprint density at radius 2 is 1.68 bits per heavy atom. The number of carbonyl (C=O) groups is 2. The molecule has 0 radical (unpaired) electrons. The molecule has 180 valence electrons. The Morgan fingerprint density at radius 3 is 2.29 bits per heavy atom. The number of nitrogens with one attached hydrogen (secondary N) is 1. The highest BCUT2D eigenvalue weighted by Gasteiger charge is 2.22. The fourth-order valence-corrected chi connectivity index (χ4v) is 3.50. The molecule has 7 heteroatoms. The van der Waals surface area contributed by atoms with Gasteiger partial charge in [0.1, 0.15) is 12.3 Å². The highest BCUT2D eigenvalue weighted by atomic mass is 16.5. The summed E-state index contributed by atoms with van der Waals surface area (Å²) in [5, 5.41) is 2.90. The Labute approximate surface area is 201 Å². The molecule has 34 heavy (non-hydrogen) atoms. The maximum absolute atomic E-state index is 13.3. The van der Waals surface area contributed by atoms with Crippen LogP contribution in [0, 0.1) is 0 Å². The first-order chi connectivity index (χ1) is 16.5. The van der Waals surface area contributed by atoms with E-state index < -0.39 is 0 Å². The van der Waals surface area contributed by atoms with Gasteiger partial charge in [0.15, 0.2) is 0 Å². The monoisotopic (exact) mass is 463 g/mol. The normalized spacial score (nSPS) is 10.8. The quantitative estimate of drug-likeness (QED) is 0.429. The number of urea groups is 1. The molecule has 0 spiro atoms. The molecule has 0 unspecified atom stereocenters. The number of hydrogen-bond donors (Lipinski definition) is 1. The number of furan rings is 1. The standard InChI is InChI=1S/C27H33N3O4/c1-21(2)23-11-13-24(14-12-23)28-27(32)29(15-17-33-3)20-26(31)30(19-25-10-7-16-34-25)18-22-8-5-4-6-9-22/h4-14,16,21H,15,17-20H2,1-3H3,(H,28,32). The van der Waals surface area contributed by atoms with Crippen molar-refractivity contribution in [1.82, 2.24) is 9.80 Å². The van der Waals surface area contributed by atoms with Gasteiger partial charge in [-0.2, -0.15) is 0 Å². The van der Waals surface area contributed by atoms with E-state index in [9.17, 15) is 9.59 Å². The molecule has 1 heterocycles. The molecule has 0 aliphatic heterocycles. The van der Waals surface area contributed by atoms with Crippen LogP contribution in [0.25, 0.3) is 0 Å². The van der Waals surface area contributed by atoms with Crippen LogP contribution in [0.15, 0.2) is 77.4 Å². The molecule has 2 aromatic carbocycles. The summed E-state index contributed by atoms with van der Waals surface area (Å²) in [7, 11) is 1.57. The summed E-state index contributed by atoms with van der Waals surface area (Å²) in [5.41, 5.74) is 2.88. The van der Waals surface area contributed by atoms with Gasteiger partial charge in [0.05, 0.1) is 19.4 Å². The molecule has 0 bridgehead atoms. The largest absolute Gasteiger partial charge is 0.467 e. The molecular weight excluding hydrogens is 430 g/mol. The zero-order valence-corrected chi connectivity index (χ0v) is 20.1. The summed E-state index contributed by atoms with van der Waals surface area (Å²) >= 11 is 0. The van der Waals surface area contributed by atoms with E-state index in [1.54, 1.807) is 24.3 Å². The van der Waals surface area contributed by atoms with Crippen molar-refractivity contribution in [3.8, 4) is 0 Å². The van der Waals surface area contributed by atoms with Gasteiger partial charge in [0.2, 0.25) is 5.91 Å². The highest BCUT2D eigenvalue weighted by molar-refractivity contribution is 5.92. The second kappa shape index (κ2) is 12.6. The molecule has 1 N–H and O–H groups in total. The van der Waals surface area contributed by atoms with Crippen LogP contribution in [0.4, 0.5) is 10.5 Å². The lowest BCUT2D eigenvalue weighted by atomic mass is 10.0. The topological polar surface area (TPSA) is 75.0 Å². The molecule has 3 amide bonds. The zero-order valence-electron chi connectivity index (χ0n) is 20.1. The van der Waals surface area contributed by atoms with Crippen molar-refractivity contribution in [3.63, 3.8) is 0 Å². The van der Waals surface area contributed by atoms with Gasteiger partial charge < -0.3 is 24.3 Å². The minimum Gasteiger partial charge on any atom is -0.467 e. The first-order valence-electron chi connectivity index (χ1n) is 11.4. The number of hydrogen-bond acceptors (Lipinski definition) is 4. The van der Waals surface area contributed by atoms with Crippen molar-refractivity contribution in [2.45, 2.75) is 32.9 Å². The fraction of sp³-hybridized carbons (Fsp3) is 0.333. The lowest BCUT2D eigenvalue weighted by Gasteiger charge is -2.27. The third-order valence-electron chi connectivity index (χ3n) is 5.50. The van der Waals surface area contributed by atoms with E-state index >= 15 is 0 Å². The summed E-state index contributed by atoms with van der Waals surface area (Å²) in [6, 6.07) is 20.8. The number of methoxy groups -OCH3 is 1. The summed E-state index contributed by atoms with van der Waals surface area (Å²) in [5.74, 6) is 0.911. The van der Waals surface area contributed by atoms with Crippen LogP contribution in [0.3, 0.4) is 0 Å². The summed E-state index contributed by atoms with van der Waals surface area (Å²) < 4.78 is 10.6. The molecule has 0 aliphatic rings. The van der Waals surface area contributed by atoms with Crippen LogP contribution < -0.4 is 5.32 Å². The molecule has 3 aromatic rings. The molecule has 0 saturated heterocycles. The Hall–Kier alpha value is -3.58. The number of anilines is 1. The molecule has 0 fully saturated rings. The van der Waals surface area contributed by atoms with Gasteiger partial charge in [-0.15, -0.1) is 0 Å². The average molecular weight is 464 g/mol. The predicted octanol–water partition coefficient (Wildman–Crippen LogP) is 5.11. The van der Waals surface area contributed by atoms with Gasteiger partial charge in [0.25, 0.3) is 0 Å². The fourth-order valence-electron chi connectivity index (χ4n) is 3.50. The Kier molecular flexibility index (Phi) is 9.29. The van der Waals surface area contributed by atoms with Gasteiger partial charge in [-0.1, -0.05) is 56.3 Å². The van der Waals surface area contributed by atoms with E-state index in [2.05, 4.69) is 19.2 Å². The number of ether oxygens (including phenoxy) is 1. The van der Waals surface area contributed by atoms with Gasteiger partial charge in [0, 0.05) is 25.9 Å². The summed E-state index contributed by atoms with van der Waals surface area (Å²) in [4.78, 5) is 29.6. The Morgan fingerprint density at radius 1 is 0.941 bits per heavy atom. The minimum atomic E-state index is -0.347. The molecule has 0 aliphatic carbocycles. The smallest absolute Gasteiger partial charge is 0.322 e. The van der Waals surface area contributed by atoms with E-state index in [-0.39, 0.29) is 25.0 Å². The van der Waals surface area contributed by atoms with E-state index in [1.807, 2.05) is 60.7 Å². The summed E-state index contributed by atoms with van der Waals surface area (Å²) in [6.45, 7) is 5.51. The molecule has 0 atom stereocenters. The molecular formula is C27H33N3O4. The van der Waals surface area contributed by atoms with Crippen molar-refractivity contribution in [2.75, 3.05) is 32.1 Å². The minimum absolute atomic E-state index is 0.0766. The van der Waals surface area contributed by atoms with Crippen molar-refractivity contribution in [2.24, 2.45) is 0 Å². The second-order valence-corrected chi connectivity index (χ2v) is 8.44. The summed E-state index contributed by atoms with van der Waals surface area (Å²) in [6.07, 6.45) is 1.59. The van der Waals surface area contributed by atoms with Crippen molar-refractivity contribution in [1.29, 1.82) is 0 Å². The third-order valence-corrected chi connectivity index (χ3v) is 5.50. The number of benzene rings is 2. The predicted molar refractivity (Wildman–Crippen MR) is 132 cm³/mol. The first-order valence-corrected chi connectivity index (χ1v) is 11.4. The van der Waals surface area contributed by atoms with E-state index in [4.69, 9.17) is 9.15 Å². The average Bonchev–Trinajstić information content (AvgIpc) is 3.35. The zero-order chi connectivity index (χ0) is 24.3. The maximum Gasteiger partial charge on any atom is 0.322 e. The van der Waals surface area contributed by atoms with Crippen molar-refractivity contribution in [3.05, 3.63) is 89.9 Å². The highest BCUT2D eigenvalue weighted by Crippen LogP contribution is 2.18. The molecule has 3 rings (SSSR count). The number of rotatable bonds is 11. The number of nitrogens with zero attached hydrogens (tertiary/aromatic N) is 2. The second-order valence-electron chi connectivity index (χ2n) is 8.44. The van der Waals surface area contributed by atoms with Gasteiger partial charge >= 0.3 is 6.03 Å². The van der Waals surface area contributed by atoms with Crippen LogP contribution in [-0.2, 0) is 22.6 Å². The lowest BCUT2D eigenvalue weighted by Crippen LogP contribution is -2.45. The van der Waals surface area contributed by atoms with Crippen LogP contribution in [0.1, 0.15) is 36.7 Å². The van der Waals surface area contributed by atoms with Crippen LogP contribution in [-0.4, -0.2) is 48.5 Å². The van der Waals surface area contributed by atoms with Gasteiger partial charge in [-0.05, 0) is 41.3 Å². The Balaban J connectivity index is 1.71. The lowest BCUT2D eigenvalue weighted by molar-refractivity contribution is -0.133. The van der Waals surface area contributed by atoms with E-state index in [1.165, 1.54) is 10.5 Å². The van der Waals surface area contributed by atoms with E-state index in [0.717, 1.165) is 5.56 Å². The van der Waals surface area contributed by atoms with Crippen LogP contribution >= 0.6 is 0 Å². The molecule has 0 saturated carbocycles. The SMILES string of the molecule is COCCN(CC(=O)N(Cc1ccccc1)Cc1ccco1)C(=O)Nc1ccc(C(C)C)cc1. The maximum atomic E-state index is 13.3. The van der Waals surface area contributed by atoms with Crippen molar-refractivity contribution < 1.29 is 18.7 Å². The first kappa shape index (κ1) is 25.1. The molecule has 1 aromatic heterocycles. The van der Waals surface area contributed by atoms with Gasteiger partial charge in [-0.25, -0.2) is 4.79 Å². The van der Waals surface area contributed by atoms with Crippen molar-refractivity contribution >= 4 is 17.6 Å². The van der Waals surface area contributed by atoms with Gasteiger partial charge in [-0.3, -0.25) is 4.79 Å². The number of carbonyl (C=O) groups excluding carboxylic acids is 2. The third kappa shape index (κ3) is 7.49. The molecule has 7 nitrogen and oxygen atoms in total. The van der Waals surface area contributed by atoms with E-state index in [0.29, 0.717) is 37.1 Å².